The zero-order valence-electron chi connectivity index (χ0n) is 18.4. The van der Waals surface area contributed by atoms with E-state index in [1.807, 2.05) is 26.0 Å². The minimum Gasteiger partial charge on any atom is -0.497 e. The molecule has 0 saturated heterocycles. The lowest BCUT2D eigenvalue weighted by molar-refractivity contribution is -0.136. The predicted molar refractivity (Wildman–Crippen MR) is 123 cm³/mol. The van der Waals surface area contributed by atoms with Crippen LogP contribution in [0.15, 0.2) is 76.1 Å². The minimum atomic E-state index is -0.575. The Morgan fingerprint density at radius 2 is 1.55 bits per heavy atom. The maximum atomic E-state index is 12.8. The molecule has 1 heterocycles. The zero-order valence-corrected chi connectivity index (χ0v) is 18.4. The van der Waals surface area contributed by atoms with E-state index in [0.717, 1.165) is 11.1 Å². The highest BCUT2D eigenvalue weighted by atomic mass is 16.6. The van der Waals surface area contributed by atoms with Gasteiger partial charge < -0.3 is 23.4 Å². The number of aryl methyl sites for hydroxylation is 2. The highest BCUT2D eigenvalue weighted by Crippen LogP contribution is 2.25. The van der Waals surface area contributed by atoms with Gasteiger partial charge in [0.05, 0.1) is 12.5 Å². The molecule has 1 aromatic heterocycles. The molecular weight excluding hydrogens is 424 g/mol. The first-order valence-electron chi connectivity index (χ1n) is 10.2. The van der Waals surface area contributed by atoms with Crippen LogP contribution in [-0.4, -0.2) is 19.7 Å². The predicted octanol–water partition coefficient (Wildman–Crippen LogP) is 5.20. The largest absolute Gasteiger partial charge is 0.497 e. The Morgan fingerprint density at radius 1 is 0.848 bits per heavy atom. The third-order valence-electron chi connectivity index (χ3n) is 5.07. The molecule has 0 aliphatic heterocycles. The molecule has 0 aliphatic carbocycles. The first-order valence-corrected chi connectivity index (χ1v) is 10.2. The SMILES string of the molecule is COc1ccc(Oc2coc3cc(OC(=O)COc4ccc(C)c(C)c4)ccc3c2=O)cc1. The summed E-state index contributed by atoms with van der Waals surface area (Å²) in [6.45, 7) is 3.72. The summed E-state index contributed by atoms with van der Waals surface area (Å²) in [5.41, 5.74) is 2.13. The first-order chi connectivity index (χ1) is 15.9. The number of methoxy groups -OCH3 is 1. The van der Waals surface area contributed by atoms with E-state index >= 15 is 0 Å². The van der Waals surface area contributed by atoms with Gasteiger partial charge in [-0.2, -0.15) is 0 Å². The lowest BCUT2D eigenvalue weighted by Crippen LogP contribution is -2.17. The van der Waals surface area contributed by atoms with Crippen molar-refractivity contribution in [2.24, 2.45) is 0 Å². The second-order valence-electron chi connectivity index (χ2n) is 7.37. The molecular formula is C26H22O7. The Morgan fingerprint density at radius 3 is 2.27 bits per heavy atom. The maximum Gasteiger partial charge on any atom is 0.349 e. The van der Waals surface area contributed by atoms with Crippen molar-refractivity contribution in [3.8, 4) is 28.7 Å². The van der Waals surface area contributed by atoms with Crippen molar-refractivity contribution in [3.05, 3.63) is 88.3 Å². The van der Waals surface area contributed by atoms with Crippen LogP contribution < -0.4 is 24.4 Å². The fraction of sp³-hybridized carbons (Fsp3) is 0.154. The molecule has 0 bridgehead atoms. The number of benzene rings is 3. The number of hydrogen-bond donors (Lipinski definition) is 0. The van der Waals surface area contributed by atoms with E-state index in [1.54, 1.807) is 37.4 Å². The molecule has 168 valence electrons. The van der Waals surface area contributed by atoms with Gasteiger partial charge >= 0.3 is 5.97 Å². The number of carbonyl (C=O) groups excluding carboxylic acids is 1. The normalized spacial score (nSPS) is 10.6. The van der Waals surface area contributed by atoms with Crippen LogP contribution in [0, 0.1) is 13.8 Å². The Hall–Kier alpha value is -4.26. The van der Waals surface area contributed by atoms with Crippen molar-refractivity contribution in [3.63, 3.8) is 0 Å². The molecule has 0 aliphatic rings. The molecule has 0 fully saturated rings. The van der Waals surface area contributed by atoms with Gasteiger partial charge in [0.2, 0.25) is 11.2 Å². The van der Waals surface area contributed by atoms with Gasteiger partial charge in [0, 0.05) is 6.07 Å². The van der Waals surface area contributed by atoms with Crippen molar-refractivity contribution in [1.29, 1.82) is 0 Å². The molecule has 0 spiro atoms. The Kier molecular flexibility index (Phi) is 6.31. The maximum absolute atomic E-state index is 12.8. The molecule has 4 rings (SSSR count). The molecule has 0 saturated carbocycles. The number of rotatable bonds is 7. The highest BCUT2D eigenvalue weighted by Gasteiger charge is 2.13. The summed E-state index contributed by atoms with van der Waals surface area (Å²) in [5, 5.41) is 0.298. The first kappa shape index (κ1) is 22.0. The van der Waals surface area contributed by atoms with Gasteiger partial charge in [-0.1, -0.05) is 6.07 Å². The Labute approximate surface area is 190 Å². The summed E-state index contributed by atoms with van der Waals surface area (Å²) in [4.78, 5) is 24.9. The van der Waals surface area contributed by atoms with E-state index in [9.17, 15) is 9.59 Å². The fourth-order valence-corrected chi connectivity index (χ4v) is 3.10. The van der Waals surface area contributed by atoms with Crippen LogP contribution in [0.25, 0.3) is 11.0 Å². The van der Waals surface area contributed by atoms with Crippen molar-refractivity contribution >= 4 is 16.9 Å². The van der Waals surface area contributed by atoms with Gasteiger partial charge in [0.15, 0.2) is 6.61 Å². The summed E-state index contributed by atoms with van der Waals surface area (Å²) >= 11 is 0. The van der Waals surface area contributed by atoms with E-state index in [-0.39, 0.29) is 29.1 Å². The van der Waals surface area contributed by atoms with Crippen molar-refractivity contribution in [1.82, 2.24) is 0 Å². The van der Waals surface area contributed by atoms with Crippen LogP contribution in [0.3, 0.4) is 0 Å². The molecule has 7 nitrogen and oxygen atoms in total. The lowest BCUT2D eigenvalue weighted by atomic mass is 10.1. The smallest absolute Gasteiger partial charge is 0.349 e. The second kappa shape index (κ2) is 9.48. The standard InChI is InChI=1S/C26H22O7/c1-16-4-5-20(12-17(16)2)30-15-25(27)33-21-10-11-22-23(13-21)31-14-24(26(22)28)32-19-8-6-18(29-3)7-9-19/h4-14H,15H2,1-3H3. The van der Waals surface area contributed by atoms with Gasteiger partial charge in [-0.05, 0) is 73.5 Å². The Bertz CT molecular complexity index is 1350. The highest BCUT2D eigenvalue weighted by molar-refractivity contribution is 5.81. The van der Waals surface area contributed by atoms with Crippen molar-refractivity contribution < 1.29 is 28.2 Å². The number of esters is 1. The van der Waals surface area contributed by atoms with E-state index < -0.39 is 5.97 Å². The third kappa shape index (κ3) is 5.15. The monoisotopic (exact) mass is 446 g/mol. The minimum absolute atomic E-state index is 0.0409. The van der Waals surface area contributed by atoms with Crippen LogP contribution in [-0.2, 0) is 4.79 Å². The molecule has 0 atom stereocenters. The molecule has 0 unspecified atom stereocenters. The average Bonchev–Trinajstić information content (AvgIpc) is 2.82. The molecule has 3 aromatic carbocycles. The van der Waals surface area contributed by atoms with Gasteiger partial charge in [-0.25, -0.2) is 4.79 Å². The number of carbonyl (C=O) groups is 1. The van der Waals surface area contributed by atoms with Gasteiger partial charge in [-0.15, -0.1) is 0 Å². The van der Waals surface area contributed by atoms with Crippen LogP contribution in [0.5, 0.6) is 28.7 Å². The molecule has 0 radical (unpaired) electrons. The van der Waals surface area contributed by atoms with Gasteiger partial charge in [0.1, 0.15) is 34.8 Å². The van der Waals surface area contributed by atoms with E-state index in [4.69, 9.17) is 23.4 Å². The summed E-state index contributed by atoms with van der Waals surface area (Å²) in [6.07, 6.45) is 1.23. The molecule has 7 heteroatoms. The topological polar surface area (TPSA) is 84.2 Å². The van der Waals surface area contributed by atoms with E-state index in [0.29, 0.717) is 22.6 Å². The zero-order chi connectivity index (χ0) is 23.4. The average molecular weight is 446 g/mol. The summed E-state index contributed by atoms with van der Waals surface area (Å²) in [6, 6.07) is 16.9. The van der Waals surface area contributed by atoms with E-state index in [2.05, 4.69) is 0 Å². The molecule has 33 heavy (non-hydrogen) atoms. The van der Waals surface area contributed by atoms with Gasteiger partial charge in [0.25, 0.3) is 0 Å². The fourth-order valence-electron chi connectivity index (χ4n) is 3.10. The number of hydrogen-bond acceptors (Lipinski definition) is 7. The van der Waals surface area contributed by atoms with Crippen LogP contribution in [0.4, 0.5) is 0 Å². The summed E-state index contributed by atoms with van der Waals surface area (Å²) in [7, 11) is 1.57. The second-order valence-corrected chi connectivity index (χ2v) is 7.37. The van der Waals surface area contributed by atoms with Crippen molar-refractivity contribution in [2.75, 3.05) is 13.7 Å². The molecule has 4 aromatic rings. The van der Waals surface area contributed by atoms with Crippen LogP contribution in [0.1, 0.15) is 11.1 Å². The van der Waals surface area contributed by atoms with Crippen molar-refractivity contribution in [2.45, 2.75) is 13.8 Å². The number of fused-ring (bicyclic) bond motifs is 1. The Balaban J connectivity index is 1.44. The molecule has 0 N–H and O–H groups in total. The van der Waals surface area contributed by atoms with E-state index in [1.165, 1.54) is 24.5 Å². The summed E-state index contributed by atoms with van der Waals surface area (Å²) in [5.74, 6) is 1.44. The van der Waals surface area contributed by atoms with Gasteiger partial charge in [-0.3, -0.25) is 4.79 Å². The summed E-state index contributed by atoms with van der Waals surface area (Å²) < 4.78 is 27.1. The number of ether oxygens (including phenoxy) is 4. The van der Waals surface area contributed by atoms with Crippen LogP contribution >= 0.6 is 0 Å². The van der Waals surface area contributed by atoms with Crippen LogP contribution in [0.2, 0.25) is 0 Å². The quantitative estimate of drug-likeness (QED) is 0.285. The third-order valence-corrected chi connectivity index (χ3v) is 5.07. The molecule has 0 amide bonds. The lowest BCUT2D eigenvalue weighted by Gasteiger charge is -2.09.